The normalized spacial score (nSPS) is 12.0. The molecule has 0 unspecified atom stereocenters. The fourth-order valence-electron chi connectivity index (χ4n) is 1.40. The van der Waals surface area contributed by atoms with Crippen LogP contribution in [0.3, 0.4) is 0 Å². The summed E-state index contributed by atoms with van der Waals surface area (Å²) in [4.78, 5) is 0. The maximum Gasteiger partial charge on any atom is 0.279 e. The van der Waals surface area contributed by atoms with Crippen LogP contribution in [-0.4, -0.2) is 7.11 Å². The van der Waals surface area contributed by atoms with Gasteiger partial charge in [-0.1, -0.05) is 25.4 Å². The van der Waals surface area contributed by atoms with Gasteiger partial charge in [0.05, 0.1) is 12.7 Å². The molecule has 0 fully saturated rings. The van der Waals surface area contributed by atoms with E-state index in [1.54, 1.807) is 6.92 Å². The van der Waals surface area contributed by atoms with E-state index in [0.717, 1.165) is 5.56 Å². The van der Waals surface area contributed by atoms with E-state index in [2.05, 4.69) is 0 Å². The Hall–Kier alpha value is -0.830. The van der Waals surface area contributed by atoms with Gasteiger partial charge in [0.2, 0.25) is 0 Å². The summed E-state index contributed by atoms with van der Waals surface area (Å²) in [7, 11) is 1.38. The zero-order valence-electron chi connectivity index (χ0n) is 9.77. The summed E-state index contributed by atoms with van der Waals surface area (Å²) in [6.45, 7) is 4.68. The van der Waals surface area contributed by atoms with Crippen LogP contribution in [0.1, 0.15) is 25.0 Å². The molecule has 0 heterocycles. The molecule has 0 aliphatic heterocycles. The topological polar surface area (TPSA) is 9.23 Å². The average Bonchev–Trinajstić information content (AvgIpc) is 2.20. The number of benzene rings is 1. The molecule has 0 spiro atoms. The first-order chi connectivity index (χ1) is 7.30. The van der Waals surface area contributed by atoms with Gasteiger partial charge in [0, 0.05) is 10.9 Å². The number of ether oxygens (including phenoxy) is 1. The van der Waals surface area contributed by atoms with Crippen molar-refractivity contribution in [3.05, 3.63) is 28.3 Å². The van der Waals surface area contributed by atoms with Crippen LogP contribution in [-0.2, 0) is 5.92 Å². The van der Waals surface area contributed by atoms with Gasteiger partial charge in [-0.15, -0.1) is 0 Å². The number of hydrogen-bond donors (Lipinski definition) is 0. The predicted octanol–water partition coefficient (Wildman–Crippen LogP) is 4.40. The zero-order valence-corrected chi connectivity index (χ0v) is 10.5. The molecule has 0 aromatic heterocycles. The third-order valence-corrected chi connectivity index (χ3v) is 2.97. The Kier molecular flexibility index (Phi) is 3.79. The molecule has 0 aliphatic rings. The first kappa shape index (κ1) is 13.2. The second-order valence-electron chi connectivity index (χ2n) is 4.08. The summed E-state index contributed by atoms with van der Waals surface area (Å²) in [5.41, 5.74) is 0.572. The van der Waals surface area contributed by atoms with Crippen molar-refractivity contribution in [2.75, 3.05) is 7.11 Å². The van der Waals surface area contributed by atoms with Gasteiger partial charge in [-0.25, -0.2) is 8.78 Å². The molecule has 0 amide bonds. The third-order valence-electron chi connectivity index (χ3n) is 2.56. The summed E-state index contributed by atoms with van der Waals surface area (Å²) in [5, 5.41) is 0.330. The molecule has 4 heteroatoms. The molecule has 1 aromatic carbocycles. The summed E-state index contributed by atoms with van der Waals surface area (Å²) in [5.74, 6) is -3.57. The fraction of sp³-hybridized carbons (Fsp3) is 0.500. The van der Waals surface area contributed by atoms with Crippen LogP contribution < -0.4 is 4.74 Å². The van der Waals surface area contributed by atoms with Crippen molar-refractivity contribution >= 4 is 11.6 Å². The van der Waals surface area contributed by atoms with Gasteiger partial charge in [0.1, 0.15) is 5.75 Å². The number of rotatable bonds is 3. The van der Waals surface area contributed by atoms with E-state index in [9.17, 15) is 8.78 Å². The average molecular weight is 249 g/mol. The molecule has 0 saturated heterocycles. The van der Waals surface area contributed by atoms with Crippen molar-refractivity contribution in [3.8, 4) is 5.75 Å². The monoisotopic (exact) mass is 248 g/mol. The van der Waals surface area contributed by atoms with Crippen LogP contribution in [0.4, 0.5) is 8.78 Å². The van der Waals surface area contributed by atoms with Gasteiger partial charge in [0.25, 0.3) is 5.92 Å². The molecule has 0 atom stereocenters. The maximum atomic E-state index is 13.9. The van der Waals surface area contributed by atoms with Crippen LogP contribution in [0.25, 0.3) is 0 Å². The summed E-state index contributed by atoms with van der Waals surface area (Å²) in [6.07, 6.45) is 0. The Morgan fingerprint density at radius 1 is 1.31 bits per heavy atom. The Morgan fingerprint density at radius 2 is 1.88 bits per heavy atom. The smallest absolute Gasteiger partial charge is 0.279 e. The molecular formula is C12H15ClF2O. The van der Waals surface area contributed by atoms with Crippen LogP contribution >= 0.6 is 11.6 Å². The maximum absolute atomic E-state index is 13.9. The predicted molar refractivity (Wildman–Crippen MR) is 61.5 cm³/mol. The van der Waals surface area contributed by atoms with Crippen molar-refractivity contribution in [1.29, 1.82) is 0 Å². The third kappa shape index (κ3) is 2.29. The van der Waals surface area contributed by atoms with Crippen LogP contribution in [0.15, 0.2) is 12.1 Å². The Balaban J connectivity index is 3.37. The van der Waals surface area contributed by atoms with E-state index in [1.807, 2.05) is 0 Å². The van der Waals surface area contributed by atoms with E-state index in [0.29, 0.717) is 5.02 Å². The molecule has 0 N–H and O–H groups in total. The first-order valence-corrected chi connectivity index (χ1v) is 5.41. The van der Waals surface area contributed by atoms with Gasteiger partial charge < -0.3 is 4.74 Å². The SMILES string of the molecule is COc1cc(C)c(Cl)cc1C(F)(F)C(C)C. The lowest BCUT2D eigenvalue weighted by Gasteiger charge is -2.23. The number of aryl methyl sites for hydroxylation is 1. The van der Waals surface area contributed by atoms with E-state index in [4.69, 9.17) is 16.3 Å². The van der Waals surface area contributed by atoms with E-state index in [-0.39, 0.29) is 11.3 Å². The highest BCUT2D eigenvalue weighted by Crippen LogP contribution is 2.42. The molecule has 16 heavy (non-hydrogen) atoms. The Morgan fingerprint density at radius 3 is 2.31 bits per heavy atom. The molecule has 0 aliphatic carbocycles. The van der Waals surface area contributed by atoms with Crippen molar-refractivity contribution in [1.82, 2.24) is 0 Å². The van der Waals surface area contributed by atoms with E-state index >= 15 is 0 Å². The van der Waals surface area contributed by atoms with Crippen molar-refractivity contribution in [3.63, 3.8) is 0 Å². The fourth-order valence-corrected chi connectivity index (χ4v) is 1.56. The Labute approximate surface area is 99.4 Å². The zero-order chi connectivity index (χ0) is 12.5. The van der Waals surface area contributed by atoms with Crippen LogP contribution in [0, 0.1) is 12.8 Å². The minimum Gasteiger partial charge on any atom is -0.496 e. The number of methoxy groups -OCH3 is 1. The Bertz CT molecular complexity index is 389. The molecular weight excluding hydrogens is 234 g/mol. The van der Waals surface area contributed by atoms with Gasteiger partial charge in [-0.2, -0.15) is 0 Å². The lowest BCUT2D eigenvalue weighted by molar-refractivity contribution is -0.0530. The minimum atomic E-state index is -2.94. The van der Waals surface area contributed by atoms with Gasteiger partial charge in [-0.3, -0.25) is 0 Å². The van der Waals surface area contributed by atoms with Crippen molar-refractivity contribution < 1.29 is 13.5 Å². The second-order valence-corrected chi connectivity index (χ2v) is 4.49. The molecule has 90 valence electrons. The quantitative estimate of drug-likeness (QED) is 0.770. The summed E-state index contributed by atoms with van der Waals surface area (Å²) in [6, 6.07) is 2.82. The summed E-state index contributed by atoms with van der Waals surface area (Å²) < 4.78 is 32.8. The van der Waals surface area contributed by atoms with Gasteiger partial charge in [-0.05, 0) is 24.6 Å². The second kappa shape index (κ2) is 4.58. The highest BCUT2D eigenvalue weighted by Gasteiger charge is 2.38. The molecule has 0 bridgehead atoms. The number of hydrogen-bond acceptors (Lipinski definition) is 1. The molecule has 1 aromatic rings. The van der Waals surface area contributed by atoms with Crippen LogP contribution in [0.2, 0.25) is 5.02 Å². The van der Waals surface area contributed by atoms with Crippen molar-refractivity contribution in [2.45, 2.75) is 26.7 Å². The largest absolute Gasteiger partial charge is 0.496 e. The summed E-state index contributed by atoms with van der Waals surface area (Å²) >= 11 is 5.86. The lowest BCUT2D eigenvalue weighted by Crippen LogP contribution is -2.22. The first-order valence-electron chi connectivity index (χ1n) is 5.03. The minimum absolute atomic E-state index is 0.152. The molecule has 0 saturated carbocycles. The lowest BCUT2D eigenvalue weighted by atomic mass is 9.96. The standard InChI is InChI=1S/C12H15ClF2O/c1-7(2)12(14,15)9-6-10(13)8(3)5-11(9)16-4/h5-7H,1-4H3. The molecule has 1 rings (SSSR count). The molecule has 0 radical (unpaired) electrons. The highest BCUT2D eigenvalue weighted by atomic mass is 35.5. The van der Waals surface area contributed by atoms with Gasteiger partial charge in [0.15, 0.2) is 0 Å². The molecule has 1 nitrogen and oxygen atoms in total. The van der Waals surface area contributed by atoms with Crippen LogP contribution in [0.5, 0.6) is 5.75 Å². The number of halogens is 3. The highest BCUT2D eigenvalue weighted by molar-refractivity contribution is 6.31. The van der Waals surface area contributed by atoms with Gasteiger partial charge >= 0.3 is 0 Å². The van der Waals surface area contributed by atoms with Crippen molar-refractivity contribution in [2.24, 2.45) is 5.92 Å². The van der Waals surface area contributed by atoms with E-state index < -0.39 is 11.8 Å². The van der Waals surface area contributed by atoms with E-state index in [1.165, 1.54) is 33.1 Å². The number of alkyl halides is 2.